The van der Waals surface area contributed by atoms with Crippen LogP contribution in [0.2, 0.25) is 0 Å². The van der Waals surface area contributed by atoms with Gasteiger partial charge < -0.3 is 19.7 Å². The Kier molecular flexibility index (Phi) is 8.22. The molecule has 0 aliphatic carbocycles. The summed E-state index contributed by atoms with van der Waals surface area (Å²) in [4.78, 5) is 39.7. The van der Waals surface area contributed by atoms with Crippen LogP contribution in [0.15, 0.2) is 24.3 Å². The molecule has 0 saturated carbocycles. The first kappa shape index (κ1) is 20.9. The summed E-state index contributed by atoms with van der Waals surface area (Å²) in [6, 6.07) is 7.23. The molecule has 2 amide bonds. The molecule has 27 heavy (non-hydrogen) atoms. The molecule has 0 spiro atoms. The quantitative estimate of drug-likeness (QED) is 0.618. The molecule has 148 valence electrons. The van der Waals surface area contributed by atoms with Crippen molar-refractivity contribution < 1.29 is 23.9 Å². The average Bonchev–Trinajstić information content (AvgIpc) is 3.06. The first-order valence-corrected chi connectivity index (χ1v) is 9.11. The number of esters is 1. The van der Waals surface area contributed by atoms with Crippen molar-refractivity contribution >= 4 is 29.2 Å². The number of carbonyl (C=O) groups excluding carboxylic acids is 3. The fourth-order valence-electron chi connectivity index (χ4n) is 2.93. The fourth-order valence-corrected chi connectivity index (χ4v) is 2.93. The number of nitrogens with one attached hydrogen (secondary N) is 1. The van der Waals surface area contributed by atoms with Crippen molar-refractivity contribution in [1.29, 1.82) is 0 Å². The first-order chi connectivity index (χ1) is 13.0. The molecule has 0 aromatic heterocycles. The molecule has 1 fully saturated rings. The highest BCUT2D eigenvalue weighted by Crippen LogP contribution is 2.29. The van der Waals surface area contributed by atoms with Gasteiger partial charge in [-0.2, -0.15) is 0 Å². The molecule has 0 atom stereocenters. The molecule has 0 unspecified atom stereocenters. The number of rotatable bonds is 10. The van der Waals surface area contributed by atoms with Crippen LogP contribution >= 0.6 is 0 Å². The molecule has 2 rings (SSSR count). The third kappa shape index (κ3) is 6.33. The second-order valence-corrected chi connectivity index (χ2v) is 6.22. The van der Waals surface area contributed by atoms with Crippen LogP contribution < -0.4 is 10.2 Å². The molecule has 0 bridgehead atoms. The monoisotopic (exact) mass is 377 g/mol. The number of amides is 2. The van der Waals surface area contributed by atoms with Crippen LogP contribution in [-0.2, 0) is 23.9 Å². The predicted octanol–water partition coefficient (Wildman–Crippen LogP) is 1.26. The van der Waals surface area contributed by atoms with Gasteiger partial charge in [-0.25, -0.2) is 0 Å². The lowest BCUT2D eigenvalue weighted by molar-refractivity contribution is -0.144. The number of anilines is 2. The molecule has 1 aliphatic rings. The van der Waals surface area contributed by atoms with Gasteiger partial charge in [0.25, 0.3) is 0 Å². The summed E-state index contributed by atoms with van der Waals surface area (Å²) in [5, 5.41) is 2.85. The smallest absolute Gasteiger partial charge is 0.320 e. The maximum Gasteiger partial charge on any atom is 0.320 e. The minimum atomic E-state index is -0.385. The lowest BCUT2D eigenvalue weighted by Crippen LogP contribution is -2.39. The summed E-state index contributed by atoms with van der Waals surface area (Å²) < 4.78 is 10.00. The summed E-state index contributed by atoms with van der Waals surface area (Å²) in [6.07, 6.45) is 1.33. The van der Waals surface area contributed by atoms with Gasteiger partial charge in [0.15, 0.2) is 0 Å². The van der Waals surface area contributed by atoms with Gasteiger partial charge in [0, 0.05) is 26.6 Å². The minimum Gasteiger partial charge on any atom is -0.465 e. The van der Waals surface area contributed by atoms with Gasteiger partial charge in [-0.05, 0) is 25.5 Å². The molecular formula is C19H27N3O5. The Hall–Kier alpha value is -2.45. The summed E-state index contributed by atoms with van der Waals surface area (Å²) in [6.45, 7) is 3.53. The zero-order valence-electron chi connectivity index (χ0n) is 15.9. The van der Waals surface area contributed by atoms with Gasteiger partial charge in [0.05, 0.1) is 37.7 Å². The minimum absolute atomic E-state index is 0.0108. The Morgan fingerprint density at radius 3 is 2.70 bits per heavy atom. The van der Waals surface area contributed by atoms with Crippen molar-refractivity contribution in [2.45, 2.75) is 19.8 Å². The number of methoxy groups -OCH3 is 1. The zero-order chi connectivity index (χ0) is 19.6. The second-order valence-electron chi connectivity index (χ2n) is 6.22. The average molecular weight is 377 g/mol. The second kappa shape index (κ2) is 10.6. The Morgan fingerprint density at radius 2 is 2.04 bits per heavy atom. The van der Waals surface area contributed by atoms with Crippen molar-refractivity contribution in [2.75, 3.05) is 56.7 Å². The van der Waals surface area contributed by atoms with Gasteiger partial charge in [-0.15, -0.1) is 0 Å². The van der Waals surface area contributed by atoms with Crippen LogP contribution in [0, 0.1) is 0 Å². The van der Waals surface area contributed by atoms with Gasteiger partial charge in [0.2, 0.25) is 11.8 Å². The fraction of sp³-hybridized carbons (Fsp3) is 0.526. The maximum atomic E-state index is 12.5. The van der Waals surface area contributed by atoms with E-state index in [9.17, 15) is 14.4 Å². The Morgan fingerprint density at radius 1 is 1.26 bits per heavy atom. The van der Waals surface area contributed by atoms with Crippen molar-refractivity contribution in [3.05, 3.63) is 24.3 Å². The van der Waals surface area contributed by atoms with Gasteiger partial charge >= 0.3 is 5.97 Å². The molecule has 8 nitrogen and oxygen atoms in total. The largest absolute Gasteiger partial charge is 0.465 e. The number of hydrogen-bond donors (Lipinski definition) is 1. The highest BCUT2D eigenvalue weighted by atomic mass is 16.5. The number of para-hydroxylation sites is 2. The number of hydrogen-bond acceptors (Lipinski definition) is 6. The number of carbonyl (C=O) groups is 3. The Labute approximate surface area is 159 Å². The SMILES string of the molecule is CCOC(=O)CN(CCOC)CC(=O)Nc1ccccc1N1CCCC1=O. The van der Waals surface area contributed by atoms with E-state index in [1.54, 1.807) is 36.0 Å². The van der Waals surface area contributed by atoms with Crippen molar-refractivity contribution in [2.24, 2.45) is 0 Å². The van der Waals surface area contributed by atoms with Crippen molar-refractivity contribution in [1.82, 2.24) is 4.90 Å². The van der Waals surface area contributed by atoms with E-state index < -0.39 is 0 Å². The number of benzene rings is 1. The predicted molar refractivity (Wildman–Crippen MR) is 102 cm³/mol. The summed E-state index contributed by atoms with van der Waals surface area (Å²) >= 11 is 0. The van der Waals surface area contributed by atoms with Gasteiger partial charge in [-0.3, -0.25) is 19.3 Å². The lowest BCUT2D eigenvalue weighted by atomic mass is 10.2. The normalized spacial score (nSPS) is 13.9. The van der Waals surface area contributed by atoms with E-state index in [-0.39, 0.29) is 30.9 Å². The van der Waals surface area contributed by atoms with E-state index in [1.807, 2.05) is 12.1 Å². The Balaban J connectivity index is 2.02. The number of ether oxygens (including phenoxy) is 2. The summed E-state index contributed by atoms with van der Waals surface area (Å²) in [5.74, 6) is -0.598. The molecule has 0 radical (unpaired) electrons. The van der Waals surface area contributed by atoms with Crippen LogP contribution in [0.5, 0.6) is 0 Å². The molecule has 1 aliphatic heterocycles. The van der Waals surface area contributed by atoms with Crippen LogP contribution in [0.4, 0.5) is 11.4 Å². The van der Waals surface area contributed by atoms with E-state index in [1.165, 1.54) is 0 Å². The standard InChI is InChI=1S/C19H27N3O5/c1-3-27-19(25)14-21(11-12-26-2)13-17(23)20-15-7-4-5-8-16(15)22-10-6-9-18(22)24/h4-5,7-8H,3,6,9-14H2,1-2H3,(H,20,23). The van der Waals surface area contributed by atoms with Crippen molar-refractivity contribution in [3.8, 4) is 0 Å². The van der Waals surface area contributed by atoms with Crippen LogP contribution in [0.3, 0.4) is 0 Å². The van der Waals surface area contributed by atoms with Crippen molar-refractivity contribution in [3.63, 3.8) is 0 Å². The summed E-state index contributed by atoms with van der Waals surface area (Å²) in [7, 11) is 1.56. The van der Waals surface area contributed by atoms with E-state index >= 15 is 0 Å². The molecule has 1 heterocycles. The third-order valence-corrected chi connectivity index (χ3v) is 4.18. The number of nitrogens with zero attached hydrogens (tertiary/aromatic N) is 2. The van der Waals surface area contributed by atoms with Gasteiger partial charge in [0.1, 0.15) is 0 Å². The zero-order valence-corrected chi connectivity index (χ0v) is 15.9. The molecule has 8 heteroatoms. The van der Waals surface area contributed by atoms with E-state index in [2.05, 4.69) is 5.32 Å². The lowest BCUT2D eigenvalue weighted by Gasteiger charge is -2.22. The molecule has 1 aromatic carbocycles. The first-order valence-electron chi connectivity index (χ1n) is 9.11. The van der Waals surface area contributed by atoms with E-state index in [4.69, 9.17) is 9.47 Å². The topological polar surface area (TPSA) is 88.2 Å². The maximum absolute atomic E-state index is 12.5. The van der Waals surface area contributed by atoms with E-state index in [0.29, 0.717) is 44.1 Å². The van der Waals surface area contributed by atoms with Crippen LogP contribution in [-0.4, -0.2) is 69.2 Å². The molecular weight excluding hydrogens is 350 g/mol. The molecule has 1 aromatic rings. The molecule has 1 saturated heterocycles. The van der Waals surface area contributed by atoms with Crippen LogP contribution in [0.1, 0.15) is 19.8 Å². The van der Waals surface area contributed by atoms with E-state index in [0.717, 1.165) is 6.42 Å². The highest BCUT2D eigenvalue weighted by Gasteiger charge is 2.24. The van der Waals surface area contributed by atoms with Gasteiger partial charge in [-0.1, -0.05) is 12.1 Å². The summed E-state index contributed by atoms with van der Waals surface area (Å²) in [5.41, 5.74) is 1.28. The Bertz CT molecular complexity index is 665. The highest BCUT2D eigenvalue weighted by molar-refractivity contribution is 6.02. The third-order valence-electron chi connectivity index (χ3n) is 4.18. The molecule has 1 N–H and O–H groups in total. The van der Waals surface area contributed by atoms with Crippen LogP contribution in [0.25, 0.3) is 0 Å².